The number of hydrogen-bond donors (Lipinski definition) is 0. The minimum atomic E-state index is 0.365. The molecule has 1 aromatic heterocycles. The van der Waals surface area contributed by atoms with E-state index in [0.29, 0.717) is 24.7 Å². The van der Waals surface area contributed by atoms with E-state index in [1.807, 2.05) is 0 Å². The van der Waals surface area contributed by atoms with E-state index in [1.54, 1.807) is 13.2 Å². The molecule has 0 saturated carbocycles. The Morgan fingerprint density at radius 2 is 2.55 bits per heavy atom. The van der Waals surface area contributed by atoms with Crippen molar-refractivity contribution in [2.75, 3.05) is 7.11 Å². The number of rotatable bonds is 4. The standard InChI is InChI=1S/C7H10N2O2/c1-3-4-6-8-7(5-10-2)11-9-6/h3H,1,4-5H2,2H3. The Kier molecular flexibility index (Phi) is 2.80. The van der Waals surface area contributed by atoms with E-state index in [4.69, 9.17) is 9.26 Å². The smallest absolute Gasteiger partial charge is 0.252 e. The maximum Gasteiger partial charge on any atom is 0.252 e. The molecular formula is C7H10N2O2. The molecule has 4 heteroatoms. The summed E-state index contributed by atoms with van der Waals surface area (Å²) in [6.07, 6.45) is 2.36. The van der Waals surface area contributed by atoms with Crippen LogP contribution >= 0.6 is 0 Å². The van der Waals surface area contributed by atoms with Gasteiger partial charge in [0.05, 0.1) is 0 Å². The first-order chi connectivity index (χ1) is 5.36. The third kappa shape index (κ3) is 2.16. The zero-order valence-corrected chi connectivity index (χ0v) is 6.41. The van der Waals surface area contributed by atoms with Gasteiger partial charge in [0.15, 0.2) is 5.82 Å². The van der Waals surface area contributed by atoms with Crippen molar-refractivity contribution in [3.05, 3.63) is 24.4 Å². The van der Waals surface area contributed by atoms with Gasteiger partial charge in [-0.25, -0.2) is 0 Å². The van der Waals surface area contributed by atoms with Gasteiger partial charge in [-0.15, -0.1) is 6.58 Å². The largest absolute Gasteiger partial charge is 0.375 e. The van der Waals surface area contributed by atoms with Crippen LogP contribution in [0.15, 0.2) is 17.2 Å². The highest BCUT2D eigenvalue weighted by Gasteiger charge is 2.02. The van der Waals surface area contributed by atoms with Gasteiger partial charge in [-0.1, -0.05) is 11.2 Å². The molecular weight excluding hydrogens is 144 g/mol. The van der Waals surface area contributed by atoms with Crippen molar-refractivity contribution in [2.45, 2.75) is 13.0 Å². The summed E-state index contributed by atoms with van der Waals surface area (Å²) in [5.74, 6) is 1.15. The number of allylic oxidation sites excluding steroid dienone is 1. The maximum atomic E-state index is 4.82. The molecule has 0 aliphatic heterocycles. The lowest BCUT2D eigenvalue weighted by Gasteiger charge is -1.86. The number of hydrogen-bond acceptors (Lipinski definition) is 4. The lowest BCUT2D eigenvalue weighted by molar-refractivity contribution is 0.151. The molecule has 0 aliphatic carbocycles. The highest BCUT2D eigenvalue weighted by Crippen LogP contribution is 1.98. The Morgan fingerprint density at radius 3 is 3.18 bits per heavy atom. The van der Waals surface area contributed by atoms with Crippen LogP contribution in [0.4, 0.5) is 0 Å². The van der Waals surface area contributed by atoms with Crippen LogP contribution in [0.1, 0.15) is 11.7 Å². The lowest BCUT2D eigenvalue weighted by atomic mass is 10.4. The average Bonchev–Trinajstić information content (AvgIpc) is 2.38. The summed E-state index contributed by atoms with van der Waals surface area (Å²) in [7, 11) is 1.58. The fraction of sp³-hybridized carbons (Fsp3) is 0.429. The van der Waals surface area contributed by atoms with Gasteiger partial charge < -0.3 is 9.26 Å². The normalized spacial score (nSPS) is 9.91. The topological polar surface area (TPSA) is 48.2 Å². The molecule has 0 radical (unpaired) electrons. The molecule has 0 fully saturated rings. The van der Waals surface area contributed by atoms with Crippen LogP contribution in [0.25, 0.3) is 0 Å². The summed E-state index contributed by atoms with van der Waals surface area (Å²) < 4.78 is 9.62. The van der Waals surface area contributed by atoms with Crippen LogP contribution in [0.2, 0.25) is 0 Å². The van der Waals surface area contributed by atoms with E-state index in [0.717, 1.165) is 0 Å². The average molecular weight is 154 g/mol. The molecule has 0 aromatic carbocycles. The second kappa shape index (κ2) is 3.88. The zero-order valence-electron chi connectivity index (χ0n) is 6.41. The van der Waals surface area contributed by atoms with Crippen molar-refractivity contribution in [2.24, 2.45) is 0 Å². The molecule has 0 bridgehead atoms. The predicted molar refractivity (Wildman–Crippen MR) is 38.9 cm³/mol. The third-order valence-corrected chi connectivity index (χ3v) is 1.10. The van der Waals surface area contributed by atoms with Crippen molar-refractivity contribution in [3.63, 3.8) is 0 Å². The van der Waals surface area contributed by atoms with Gasteiger partial charge in [0.25, 0.3) is 5.89 Å². The van der Waals surface area contributed by atoms with Crippen LogP contribution < -0.4 is 0 Å². The second-order valence-electron chi connectivity index (χ2n) is 2.03. The molecule has 1 rings (SSSR count). The first-order valence-electron chi connectivity index (χ1n) is 3.28. The molecule has 0 aliphatic rings. The molecule has 4 nitrogen and oxygen atoms in total. The quantitative estimate of drug-likeness (QED) is 0.605. The predicted octanol–water partition coefficient (Wildman–Crippen LogP) is 0.945. The summed E-state index contributed by atoms with van der Waals surface area (Å²) in [6, 6.07) is 0. The molecule has 0 N–H and O–H groups in total. The van der Waals surface area contributed by atoms with E-state index in [-0.39, 0.29) is 0 Å². The fourth-order valence-corrected chi connectivity index (χ4v) is 0.684. The van der Waals surface area contributed by atoms with E-state index < -0.39 is 0 Å². The van der Waals surface area contributed by atoms with Crippen molar-refractivity contribution in [3.8, 4) is 0 Å². The molecule has 1 heterocycles. The number of aromatic nitrogens is 2. The molecule has 0 amide bonds. The van der Waals surface area contributed by atoms with Crippen LogP contribution in [0.3, 0.4) is 0 Å². The zero-order chi connectivity index (χ0) is 8.10. The highest BCUT2D eigenvalue weighted by atomic mass is 16.5. The second-order valence-corrected chi connectivity index (χ2v) is 2.03. The molecule has 0 spiro atoms. The van der Waals surface area contributed by atoms with Crippen LogP contribution in [0.5, 0.6) is 0 Å². The van der Waals surface area contributed by atoms with Gasteiger partial charge in [0, 0.05) is 13.5 Å². The van der Waals surface area contributed by atoms with E-state index in [2.05, 4.69) is 16.7 Å². The summed E-state index contributed by atoms with van der Waals surface area (Å²) >= 11 is 0. The third-order valence-electron chi connectivity index (χ3n) is 1.10. The Bertz CT molecular complexity index is 232. The van der Waals surface area contributed by atoms with Crippen LogP contribution in [0, 0.1) is 0 Å². The molecule has 0 atom stereocenters. The first-order valence-corrected chi connectivity index (χ1v) is 3.28. The Balaban J connectivity index is 2.57. The van der Waals surface area contributed by atoms with Crippen molar-refractivity contribution in [1.29, 1.82) is 0 Å². The first kappa shape index (κ1) is 7.94. The number of nitrogens with zero attached hydrogens (tertiary/aromatic N) is 2. The lowest BCUT2D eigenvalue weighted by Crippen LogP contribution is -1.88. The number of methoxy groups -OCH3 is 1. The summed E-state index contributed by atoms with van der Waals surface area (Å²) in [4.78, 5) is 4.02. The Labute approximate surface area is 64.9 Å². The van der Waals surface area contributed by atoms with Gasteiger partial charge in [-0.3, -0.25) is 0 Å². The van der Waals surface area contributed by atoms with Gasteiger partial charge >= 0.3 is 0 Å². The van der Waals surface area contributed by atoms with Crippen molar-refractivity contribution >= 4 is 0 Å². The molecule has 11 heavy (non-hydrogen) atoms. The molecule has 60 valence electrons. The molecule has 0 unspecified atom stereocenters. The van der Waals surface area contributed by atoms with E-state index in [9.17, 15) is 0 Å². The van der Waals surface area contributed by atoms with Gasteiger partial charge in [-0.05, 0) is 0 Å². The van der Waals surface area contributed by atoms with Crippen LogP contribution in [-0.2, 0) is 17.8 Å². The van der Waals surface area contributed by atoms with E-state index in [1.165, 1.54) is 0 Å². The monoisotopic (exact) mass is 154 g/mol. The van der Waals surface area contributed by atoms with Crippen LogP contribution in [-0.4, -0.2) is 17.3 Å². The summed E-state index contributed by atoms with van der Waals surface area (Å²) in [5.41, 5.74) is 0. The Hall–Kier alpha value is -1.16. The SMILES string of the molecule is C=CCc1noc(COC)n1. The Morgan fingerprint density at radius 1 is 1.73 bits per heavy atom. The van der Waals surface area contributed by atoms with Gasteiger partial charge in [0.1, 0.15) is 6.61 Å². The maximum absolute atomic E-state index is 4.82. The van der Waals surface area contributed by atoms with E-state index >= 15 is 0 Å². The van der Waals surface area contributed by atoms with Gasteiger partial charge in [-0.2, -0.15) is 4.98 Å². The highest BCUT2D eigenvalue weighted by molar-refractivity contribution is 4.91. The number of ether oxygens (including phenoxy) is 1. The fourth-order valence-electron chi connectivity index (χ4n) is 0.684. The van der Waals surface area contributed by atoms with Gasteiger partial charge in [0.2, 0.25) is 0 Å². The van der Waals surface area contributed by atoms with Crippen molar-refractivity contribution in [1.82, 2.24) is 10.1 Å². The molecule has 1 aromatic rings. The van der Waals surface area contributed by atoms with Crippen molar-refractivity contribution < 1.29 is 9.26 Å². The summed E-state index contributed by atoms with van der Waals surface area (Å²) in [5, 5.41) is 3.69. The minimum Gasteiger partial charge on any atom is -0.375 e. The minimum absolute atomic E-state index is 0.365. The summed E-state index contributed by atoms with van der Waals surface area (Å²) in [6.45, 7) is 3.92. The molecule has 0 saturated heterocycles.